The Morgan fingerprint density at radius 2 is 1.68 bits per heavy atom. The molecule has 2 aromatic carbocycles. The molecule has 0 aliphatic carbocycles. The molecule has 0 bridgehead atoms. The van der Waals surface area contributed by atoms with Crippen LogP contribution in [0.1, 0.15) is 6.92 Å². The van der Waals surface area contributed by atoms with E-state index in [4.69, 9.17) is 21.1 Å². The van der Waals surface area contributed by atoms with Crippen molar-refractivity contribution in [3.8, 4) is 22.6 Å². The van der Waals surface area contributed by atoms with Gasteiger partial charge in [0.15, 0.2) is 0 Å². The van der Waals surface area contributed by atoms with E-state index in [9.17, 15) is 4.79 Å². The lowest BCUT2D eigenvalue weighted by atomic mass is 10.1. The Hall–Kier alpha value is -2.00. The van der Waals surface area contributed by atoms with Crippen LogP contribution in [-0.4, -0.2) is 13.1 Å². The number of methoxy groups -OCH3 is 1. The van der Waals surface area contributed by atoms with E-state index in [0.29, 0.717) is 16.5 Å². The summed E-state index contributed by atoms with van der Waals surface area (Å²) in [6, 6.07) is 12.8. The summed E-state index contributed by atoms with van der Waals surface area (Å²) in [5.74, 6) is 0.832. The second-order valence-electron chi connectivity index (χ2n) is 3.97. The molecule has 0 atom stereocenters. The van der Waals surface area contributed by atoms with Gasteiger partial charge in [0, 0.05) is 6.92 Å². The lowest BCUT2D eigenvalue weighted by molar-refractivity contribution is -0.131. The topological polar surface area (TPSA) is 35.5 Å². The van der Waals surface area contributed by atoms with Crippen LogP contribution in [0.4, 0.5) is 0 Å². The molecular weight excluding hydrogens is 264 g/mol. The SMILES string of the molecule is COc1ccc(-c2ccc(OC(C)=O)cc2)cc1Cl. The van der Waals surface area contributed by atoms with Gasteiger partial charge in [-0.2, -0.15) is 0 Å². The van der Waals surface area contributed by atoms with Gasteiger partial charge in [0.1, 0.15) is 11.5 Å². The van der Waals surface area contributed by atoms with E-state index in [1.54, 1.807) is 19.2 Å². The van der Waals surface area contributed by atoms with Crippen LogP contribution in [0.15, 0.2) is 42.5 Å². The van der Waals surface area contributed by atoms with Crippen LogP contribution in [0.2, 0.25) is 5.02 Å². The van der Waals surface area contributed by atoms with E-state index >= 15 is 0 Å². The predicted octanol–water partition coefficient (Wildman–Crippen LogP) is 3.94. The van der Waals surface area contributed by atoms with Gasteiger partial charge in [-0.15, -0.1) is 0 Å². The van der Waals surface area contributed by atoms with Crippen molar-refractivity contribution in [3.63, 3.8) is 0 Å². The number of ether oxygens (including phenoxy) is 2. The van der Waals surface area contributed by atoms with Crippen LogP contribution in [0.3, 0.4) is 0 Å². The highest BCUT2D eigenvalue weighted by Crippen LogP contribution is 2.30. The number of hydrogen-bond acceptors (Lipinski definition) is 3. The maximum atomic E-state index is 10.8. The van der Waals surface area contributed by atoms with Crippen LogP contribution >= 0.6 is 11.6 Å². The van der Waals surface area contributed by atoms with Crippen molar-refractivity contribution in [1.82, 2.24) is 0 Å². The lowest BCUT2D eigenvalue weighted by Gasteiger charge is -2.07. The monoisotopic (exact) mass is 276 g/mol. The second-order valence-corrected chi connectivity index (χ2v) is 4.37. The smallest absolute Gasteiger partial charge is 0.308 e. The highest BCUT2D eigenvalue weighted by Gasteiger charge is 2.04. The first kappa shape index (κ1) is 13.4. The second kappa shape index (κ2) is 5.76. The van der Waals surface area contributed by atoms with Gasteiger partial charge in [-0.05, 0) is 35.4 Å². The minimum Gasteiger partial charge on any atom is -0.495 e. The van der Waals surface area contributed by atoms with Crippen molar-refractivity contribution in [1.29, 1.82) is 0 Å². The summed E-state index contributed by atoms with van der Waals surface area (Å²) in [5, 5.41) is 0.559. The first-order valence-electron chi connectivity index (χ1n) is 5.72. The number of carbonyl (C=O) groups excluding carboxylic acids is 1. The number of halogens is 1. The molecule has 19 heavy (non-hydrogen) atoms. The van der Waals surface area contributed by atoms with E-state index in [-0.39, 0.29) is 5.97 Å². The highest BCUT2D eigenvalue weighted by molar-refractivity contribution is 6.32. The van der Waals surface area contributed by atoms with Crippen molar-refractivity contribution >= 4 is 17.6 Å². The first-order chi connectivity index (χ1) is 9.10. The Balaban J connectivity index is 2.27. The fraction of sp³-hybridized carbons (Fsp3) is 0.133. The fourth-order valence-electron chi connectivity index (χ4n) is 1.73. The molecule has 0 unspecified atom stereocenters. The molecule has 0 radical (unpaired) electrons. The van der Waals surface area contributed by atoms with Gasteiger partial charge in [-0.25, -0.2) is 0 Å². The Bertz CT molecular complexity index is 591. The molecule has 0 aliphatic heterocycles. The zero-order valence-electron chi connectivity index (χ0n) is 10.6. The summed E-state index contributed by atoms with van der Waals surface area (Å²) in [4.78, 5) is 10.8. The predicted molar refractivity (Wildman–Crippen MR) is 74.7 cm³/mol. The molecule has 2 rings (SSSR count). The van der Waals surface area contributed by atoms with Crippen molar-refractivity contribution in [3.05, 3.63) is 47.5 Å². The van der Waals surface area contributed by atoms with Gasteiger partial charge in [0.2, 0.25) is 0 Å². The Morgan fingerprint density at radius 3 is 2.21 bits per heavy atom. The van der Waals surface area contributed by atoms with Crippen LogP contribution in [0, 0.1) is 0 Å². The van der Waals surface area contributed by atoms with Crippen LogP contribution < -0.4 is 9.47 Å². The van der Waals surface area contributed by atoms with Gasteiger partial charge in [-0.3, -0.25) is 4.79 Å². The summed E-state index contributed by atoms with van der Waals surface area (Å²) in [6.45, 7) is 1.37. The average molecular weight is 277 g/mol. The molecule has 0 amide bonds. The van der Waals surface area contributed by atoms with E-state index in [1.165, 1.54) is 6.92 Å². The summed E-state index contributed by atoms with van der Waals surface area (Å²) in [7, 11) is 1.58. The van der Waals surface area contributed by atoms with Gasteiger partial charge in [0.05, 0.1) is 12.1 Å². The van der Waals surface area contributed by atoms with Gasteiger partial charge in [0.25, 0.3) is 0 Å². The number of hydrogen-bond donors (Lipinski definition) is 0. The molecular formula is C15H13ClO3. The molecule has 0 saturated carbocycles. The van der Waals surface area contributed by atoms with Crippen molar-refractivity contribution in [2.75, 3.05) is 7.11 Å². The Morgan fingerprint density at radius 1 is 1.05 bits per heavy atom. The normalized spacial score (nSPS) is 10.1. The summed E-state index contributed by atoms with van der Waals surface area (Å²) in [5.41, 5.74) is 1.96. The molecule has 0 saturated heterocycles. The quantitative estimate of drug-likeness (QED) is 0.629. The van der Waals surface area contributed by atoms with E-state index in [2.05, 4.69) is 0 Å². The average Bonchev–Trinajstić information content (AvgIpc) is 2.39. The fourth-order valence-corrected chi connectivity index (χ4v) is 1.99. The van der Waals surface area contributed by atoms with E-state index in [1.807, 2.05) is 30.3 Å². The number of esters is 1. The van der Waals surface area contributed by atoms with Crippen molar-refractivity contribution in [2.45, 2.75) is 6.92 Å². The Kier molecular flexibility index (Phi) is 4.07. The van der Waals surface area contributed by atoms with Crippen molar-refractivity contribution in [2.24, 2.45) is 0 Å². The standard InChI is InChI=1S/C15H13ClO3/c1-10(17)19-13-6-3-11(4-7-13)12-5-8-15(18-2)14(16)9-12/h3-9H,1-2H3. The summed E-state index contributed by atoms with van der Waals surface area (Å²) in [6.07, 6.45) is 0. The molecule has 0 N–H and O–H groups in total. The molecule has 98 valence electrons. The molecule has 0 heterocycles. The number of benzene rings is 2. The van der Waals surface area contributed by atoms with Crippen LogP contribution in [-0.2, 0) is 4.79 Å². The molecule has 0 aliphatic rings. The molecule has 4 heteroatoms. The van der Waals surface area contributed by atoms with Gasteiger partial charge >= 0.3 is 5.97 Å². The minimum absolute atomic E-state index is 0.333. The maximum Gasteiger partial charge on any atom is 0.308 e. The van der Waals surface area contributed by atoms with E-state index in [0.717, 1.165) is 11.1 Å². The van der Waals surface area contributed by atoms with Crippen molar-refractivity contribution < 1.29 is 14.3 Å². The number of carbonyl (C=O) groups is 1. The number of rotatable bonds is 3. The highest BCUT2D eigenvalue weighted by atomic mass is 35.5. The van der Waals surface area contributed by atoms with Crippen LogP contribution in [0.25, 0.3) is 11.1 Å². The molecule has 0 fully saturated rings. The molecule has 3 nitrogen and oxygen atoms in total. The zero-order valence-corrected chi connectivity index (χ0v) is 11.4. The molecule has 0 aromatic heterocycles. The largest absolute Gasteiger partial charge is 0.495 e. The zero-order chi connectivity index (χ0) is 13.8. The Labute approximate surface area is 116 Å². The lowest BCUT2D eigenvalue weighted by Crippen LogP contribution is -2.00. The third kappa shape index (κ3) is 3.26. The minimum atomic E-state index is -0.333. The third-order valence-corrected chi connectivity index (χ3v) is 2.90. The summed E-state index contributed by atoms with van der Waals surface area (Å²) < 4.78 is 10.1. The molecule has 0 spiro atoms. The third-order valence-electron chi connectivity index (χ3n) is 2.60. The summed E-state index contributed by atoms with van der Waals surface area (Å²) >= 11 is 6.09. The molecule has 2 aromatic rings. The van der Waals surface area contributed by atoms with Crippen LogP contribution in [0.5, 0.6) is 11.5 Å². The van der Waals surface area contributed by atoms with Gasteiger partial charge in [-0.1, -0.05) is 29.8 Å². The van der Waals surface area contributed by atoms with Gasteiger partial charge < -0.3 is 9.47 Å². The first-order valence-corrected chi connectivity index (χ1v) is 6.10. The van der Waals surface area contributed by atoms with E-state index < -0.39 is 0 Å². The maximum absolute atomic E-state index is 10.8.